The second-order valence-corrected chi connectivity index (χ2v) is 8.54. The van der Waals surface area contributed by atoms with Gasteiger partial charge in [-0.3, -0.25) is 0 Å². The van der Waals surface area contributed by atoms with Crippen LogP contribution in [0.15, 0.2) is 24.5 Å². The average molecular weight is 461 g/mol. The van der Waals surface area contributed by atoms with Crippen LogP contribution in [-0.4, -0.2) is 70.3 Å². The first-order valence-corrected chi connectivity index (χ1v) is 9.77. The van der Waals surface area contributed by atoms with E-state index in [1.807, 2.05) is 0 Å². The molecule has 4 atom stereocenters. The number of esters is 1. The third kappa shape index (κ3) is 7.14. The summed E-state index contributed by atoms with van der Waals surface area (Å²) in [5, 5.41) is 28.9. The lowest BCUT2D eigenvalue weighted by molar-refractivity contribution is -0.765. The van der Waals surface area contributed by atoms with Gasteiger partial charge >= 0.3 is 11.5 Å². The number of halogens is 3. The van der Waals surface area contributed by atoms with E-state index in [1.165, 1.54) is 10.8 Å². The van der Waals surface area contributed by atoms with Crippen molar-refractivity contribution < 1.29 is 60.3 Å². The number of ether oxygens (including phenoxy) is 2. The van der Waals surface area contributed by atoms with Crippen molar-refractivity contribution in [2.24, 2.45) is 0 Å². The van der Waals surface area contributed by atoms with Gasteiger partial charge in [0.05, 0.1) is 6.61 Å². The van der Waals surface area contributed by atoms with Crippen LogP contribution in [0, 0.1) is 0 Å². The molecule has 1 aliphatic rings. The number of rotatable bonds is 3. The number of hydrogen-bond acceptors (Lipinski definition) is 9. The summed E-state index contributed by atoms with van der Waals surface area (Å²) in [6.07, 6.45) is -1.04. The van der Waals surface area contributed by atoms with Crippen LogP contribution in [0.2, 0.25) is 0 Å². The Morgan fingerprint density at radius 1 is 1.27 bits per heavy atom. The maximum absolute atomic E-state index is 12.1. The Kier molecular flexibility index (Phi) is 8.32. The zero-order valence-electron chi connectivity index (χ0n) is 16.1. The minimum Gasteiger partial charge on any atom is -0.741 e. The van der Waals surface area contributed by atoms with Crippen LogP contribution in [0.4, 0.5) is 13.2 Å². The number of alkyl halides is 3. The van der Waals surface area contributed by atoms with Crippen molar-refractivity contribution in [3.05, 3.63) is 30.1 Å². The predicted octanol–water partition coefficient (Wildman–Crippen LogP) is -0.408. The largest absolute Gasteiger partial charge is 0.741 e. The second kappa shape index (κ2) is 9.53. The first-order valence-electron chi connectivity index (χ1n) is 8.36. The molecule has 30 heavy (non-hydrogen) atoms. The molecule has 3 N–H and O–H groups in total. The van der Waals surface area contributed by atoms with Crippen molar-refractivity contribution in [2.45, 2.75) is 56.4 Å². The van der Waals surface area contributed by atoms with Crippen molar-refractivity contribution in [1.29, 1.82) is 0 Å². The number of nitrogens with zero attached hydrogens (tertiary/aromatic N) is 1. The van der Waals surface area contributed by atoms with Crippen LogP contribution in [0.3, 0.4) is 0 Å². The number of carbonyl (C=O) groups is 1. The Balaban J connectivity index is 0.000000479. The number of carbonyl (C=O) groups excluding carboxylic acids is 1. The monoisotopic (exact) mass is 461 g/mol. The van der Waals surface area contributed by atoms with E-state index in [4.69, 9.17) is 27.6 Å². The Hall–Kier alpha value is -1.84. The normalized spacial score (nSPS) is 24.7. The van der Waals surface area contributed by atoms with Crippen LogP contribution >= 0.6 is 0 Å². The molecule has 1 aromatic rings. The van der Waals surface area contributed by atoms with E-state index in [1.54, 1.807) is 39.1 Å². The quantitative estimate of drug-likeness (QED) is 0.236. The number of pyridine rings is 1. The van der Waals surface area contributed by atoms with Crippen molar-refractivity contribution >= 4 is 16.1 Å². The first kappa shape index (κ1) is 26.2. The van der Waals surface area contributed by atoms with Gasteiger partial charge in [0.25, 0.3) is 6.23 Å². The third-order valence-corrected chi connectivity index (χ3v) is 4.12. The van der Waals surface area contributed by atoms with E-state index in [0.717, 1.165) is 0 Å². The Labute approximate surface area is 170 Å². The summed E-state index contributed by atoms with van der Waals surface area (Å²) in [6, 6.07) is 3.21. The zero-order chi connectivity index (χ0) is 23.5. The lowest BCUT2D eigenvalue weighted by Gasteiger charge is -2.19. The summed E-state index contributed by atoms with van der Waals surface area (Å²) in [5.41, 5.74) is -5.96. The van der Waals surface area contributed by atoms with Crippen molar-refractivity contribution in [2.75, 3.05) is 6.61 Å². The standard InChI is InChI=1S/C15H22NO6.CHF3O3S/c1-15(2,3)22-14(20)9-5-4-6-16(7-9)13-12(19)11(18)10(8-17)21-13;2-1(3,4)8(5,6)7/h4-7,10-13,17-19H,8H2,1-3H3;(H,5,6,7)/q+1;/p-1/t10-,11-,12-,13-;/m1./s1. The van der Waals surface area contributed by atoms with E-state index >= 15 is 0 Å². The molecule has 0 radical (unpaired) electrons. The lowest BCUT2D eigenvalue weighted by Crippen LogP contribution is -2.46. The molecule has 1 fully saturated rings. The molecule has 0 saturated carbocycles. The van der Waals surface area contributed by atoms with Crippen molar-refractivity contribution in [3.63, 3.8) is 0 Å². The first-order chi connectivity index (χ1) is 13.5. The van der Waals surface area contributed by atoms with E-state index < -0.39 is 58.3 Å². The fraction of sp³-hybridized carbons (Fsp3) is 0.625. The maximum Gasteiger partial charge on any atom is 0.485 e. The Bertz CT molecular complexity index is 839. The highest BCUT2D eigenvalue weighted by Gasteiger charge is 2.48. The molecule has 14 heteroatoms. The van der Waals surface area contributed by atoms with Gasteiger partial charge in [-0.1, -0.05) is 0 Å². The summed E-state index contributed by atoms with van der Waals surface area (Å²) in [6.45, 7) is 4.91. The number of aromatic nitrogens is 1. The smallest absolute Gasteiger partial charge is 0.485 e. The number of hydrogen-bond donors (Lipinski definition) is 3. The highest BCUT2D eigenvalue weighted by atomic mass is 32.2. The van der Waals surface area contributed by atoms with Gasteiger partial charge in [0.2, 0.25) is 0 Å². The molecule has 172 valence electrons. The minimum absolute atomic E-state index is 0.301. The van der Waals surface area contributed by atoms with E-state index in [0.29, 0.717) is 5.56 Å². The van der Waals surface area contributed by atoms with Gasteiger partial charge in [0.1, 0.15) is 23.4 Å². The van der Waals surface area contributed by atoms with Gasteiger partial charge in [-0.25, -0.2) is 13.2 Å². The van der Waals surface area contributed by atoms with Crippen molar-refractivity contribution in [1.82, 2.24) is 0 Å². The molecule has 2 rings (SSSR count). The number of aliphatic hydroxyl groups is 3. The molecule has 1 aliphatic heterocycles. The molecule has 0 aliphatic carbocycles. The van der Waals surface area contributed by atoms with Crippen LogP contribution < -0.4 is 4.57 Å². The summed E-state index contributed by atoms with van der Waals surface area (Å²) in [7, 11) is -6.09. The van der Waals surface area contributed by atoms with Crippen LogP contribution in [0.25, 0.3) is 0 Å². The summed E-state index contributed by atoms with van der Waals surface area (Å²) in [4.78, 5) is 12.1. The van der Waals surface area contributed by atoms with Gasteiger partial charge in [-0.2, -0.15) is 17.7 Å². The predicted molar refractivity (Wildman–Crippen MR) is 90.6 cm³/mol. The minimum atomic E-state index is -6.09. The molecule has 0 spiro atoms. The topological polar surface area (TPSA) is 157 Å². The van der Waals surface area contributed by atoms with Gasteiger partial charge in [-0.15, -0.1) is 0 Å². The van der Waals surface area contributed by atoms with E-state index in [9.17, 15) is 28.2 Å². The average Bonchev–Trinajstić information content (AvgIpc) is 2.87. The molecule has 0 bridgehead atoms. The fourth-order valence-electron chi connectivity index (χ4n) is 2.24. The van der Waals surface area contributed by atoms with Crippen LogP contribution in [0.5, 0.6) is 0 Å². The molecule has 0 amide bonds. The summed E-state index contributed by atoms with van der Waals surface area (Å²) >= 11 is 0. The maximum atomic E-state index is 12.1. The molecule has 1 saturated heterocycles. The zero-order valence-corrected chi connectivity index (χ0v) is 16.9. The Morgan fingerprint density at radius 3 is 2.20 bits per heavy atom. The molecule has 1 aromatic heterocycles. The molecular weight excluding hydrogens is 439 g/mol. The van der Waals surface area contributed by atoms with Crippen LogP contribution in [-0.2, 0) is 19.6 Å². The summed E-state index contributed by atoms with van der Waals surface area (Å²) < 4.78 is 71.1. The summed E-state index contributed by atoms with van der Waals surface area (Å²) in [5.74, 6) is -0.492. The molecule has 0 aromatic carbocycles. The van der Waals surface area contributed by atoms with E-state index in [2.05, 4.69) is 0 Å². The van der Waals surface area contributed by atoms with Gasteiger partial charge in [0, 0.05) is 6.07 Å². The highest BCUT2D eigenvalue weighted by Crippen LogP contribution is 2.25. The number of aliphatic hydroxyl groups excluding tert-OH is 3. The second-order valence-electron chi connectivity index (χ2n) is 7.17. The van der Waals surface area contributed by atoms with Gasteiger partial charge in [-0.05, 0) is 26.8 Å². The third-order valence-electron chi connectivity index (χ3n) is 3.55. The molecular formula is C16H22F3NO9S. The molecule has 2 heterocycles. The van der Waals surface area contributed by atoms with Crippen LogP contribution in [0.1, 0.15) is 37.4 Å². The molecule has 10 nitrogen and oxygen atoms in total. The lowest BCUT2D eigenvalue weighted by atomic mass is 10.1. The highest BCUT2D eigenvalue weighted by molar-refractivity contribution is 7.86. The SMILES string of the molecule is CC(C)(C)OC(=O)c1ccc[n+]([C@@H]2O[C@H](CO)[C@@H](O)[C@H]2O)c1.O=S(=O)([O-])C(F)(F)F. The molecule has 0 unspecified atom stereocenters. The Morgan fingerprint density at radius 2 is 1.80 bits per heavy atom. The fourth-order valence-corrected chi connectivity index (χ4v) is 2.24. The van der Waals surface area contributed by atoms with Crippen molar-refractivity contribution in [3.8, 4) is 0 Å². The van der Waals surface area contributed by atoms with Gasteiger partial charge < -0.3 is 29.3 Å². The van der Waals surface area contributed by atoms with E-state index in [-0.39, 0.29) is 0 Å². The van der Waals surface area contributed by atoms with Gasteiger partial charge in [0.15, 0.2) is 28.6 Å².